The molecule has 138 valence electrons. The van der Waals surface area contributed by atoms with Crippen LogP contribution in [0.2, 0.25) is 0 Å². The number of nitrogens with zero attached hydrogens (tertiary/aromatic N) is 2. The molecule has 0 spiro atoms. The molecule has 0 N–H and O–H groups in total. The molecule has 1 atom stereocenters. The quantitative estimate of drug-likeness (QED) is 0.296. The Morgan fingerprint density at radius 3 is 2.44 bits per heavy atom. The summed E-state index contributed by atoms with van der Waals surface area (Å²) >= 11 is 0. The van der Waals surface area contributed by atoms with E-state index in [0.29, 0.717) is 25.5 Å². The molecule has 0 fully saturated rings. The minimum absolute atomic E-state index is 0. The fourth-order valence-corrected chi connectivity index (χ4v) is 2.45. The maximum absolute atomic E-state index is 12.4. The van der Waals surface area contributed by atoms with E-state index in [-0.39, 0.29) is 35.6 Å². The summed E-state index contributed by atoms with van der Waals surface area (Å²) in [7, 11) is 3.23. The molecule has 2 aromatic rings. The Labute approximate surface area is 159 Å². The summed E-state index contributed by atoms with van der Waals surface area (Å²) in [5, 5.41) is 0. The number of hydrogen-bond acceptors (Lipinski definition) is 4. The predicted molar refractivity (Wildman–Crippen MR) is 88.9 cm³/mol. The SMILES string of the molecule is COCCOC(=O)c1c[n+](CCOC)cn1[C@H](C)c1ccccc1.[Br-]. The highest BCUT2D eigenvalue weighted by Gasteiger charge is 2.26. The number of carbonyl (C=O) groups is 1. The van der Waals surface area contributed by atoms with Gasteiger partial charge in [0.25, 0.3) is 5.69 Å². The van der Waals surface area contributed by atoms with E-state index in [4.69, 9.17) is 14.2 Å². The number of aromatic nitrogens is 2. The second kappa shape index (κ2) is 11.0. The lowest BCUT2D eigenvalue weighted by Crippen LogP contribution is -3.00. The molecule has 0 bridgehead atoms. The van der Waals surface area contributed by atoms with Gasteiger partial charge >= 0.3 is 5.97 Å². The van der Waals surface area contributed by atoms with Crippen LogP contribution in [0.5, 0.6) is 0 Å². The Kier molecular flexibility index (Phi) is 9.41. The van der Waals surface area contributed by atoms with Crippen molar-refractivity contribution in [3.63, 3.8) is 0 Å². The molecule has 2 rings (SSSR count). The van der Waals surface area contributed by atoms with Crippen molar-refractivity contribution in [2.45, 2.75) is 19.5 Å². The molecule has 0 radical (unpaired) electrons. The van der Waals surface area contributed by atoms with Gasteiger partial charge in [0.15, 0.2) is 0 Å². The number of ether oxygens (including phenoxy) is 3. The Bertz CT molecular complexity index is 646. The first-order chi connectivity index (χ1) is 11.7. The first-order valence-corrected chi connectivity index (χ1v) is 7.98. The standard InChI is InChI=1S/C18H25N2O4.BrH/c1-15(16-7-5-4-6-8-16)20-14-19(9-10-22-2)13-17(20)18(21)24-12-11-23-3;/h4-8,13-15H,9-12H2,1-3H3;1H/q+1;/p-1/t15-;/m1./s1. The maximum atomic E-state index is 12.4. The van der Waals surface area contributed by atoms with Crippen LogP contribution in [0.25, 0.3) is 0 Å². The molecule has 0 amide bonds. The number of hydrogen-bond donors (Lipinski definition) is 0. The summed E-state index contributed by atoms with van der Waals surface area (Å²) in [6.45, 7) is 3.92. The van der Waals surface area contributed by atoms with Crippen molar-refractivity contribution in [3.8, 4) is 0 Å². The second-order valence-corrected chi connectivity index (χ2v) is 5.48. The average molecular weight is 413 g/mol. The Morgan fingerprint density at radius 1 is 1.12 bits per heavy atom. The van der Waals surface area contributed by atoms with Crippen molar-refractivity contribution in [2.24, 2.45) is 0 Å². The summed E-state index contributed by atoms with van der Waals surface area (Å²) in [4.78, 5) is 12.4. The van der Waals surface area contributed by atoms with Crippen LogP contribution in [0.15, 0.2) is 42.9 Å². The van der Waals surface area contributed by atoms with E-state index in [1.807, 2.05) is 45.8 Å². The van der Waals surface area contributed by atoms with Crippen LogP contribution in [0.3, 0.4) is 0 Å². The molecule has 6 nitrogen and oxygen atoms in total. The summed E-state index contributed by atoms with van der Waals surface area (Å²) < 4.78 is 19.2. The molecule has 1 aromatic heterocycles. The lowest BCUT2D eigenvalue weighted by atomic mass is 10.1. The first kappa shape index (κ1) is 21.3. The van der Waals surface area contributed by atoms with Crippen LogP contribution >= 0.6 is 0 Å². The molecule has 25 heavy (non-hydrogen) atoms. The normalized spacial score (nSPS) is 11.6. The van der Waals surface area contributed by atoms with Gasteiger partial charge in [-0.25, -0.2) is 13.9 Å². The van der Waals surface area contributed by atoms with E-state index in [0.717, 1.165) is 5.56 Å². The number of esters is 1. The summed E-state index contributed by atoms with van der Waals surface area (Å²) in [6.07, 6.45) is 3.72. The van der Waals surface area contributed by atoms with Crippen LogP contribution in [0, 0.1) is 0 Å². The molecule has 0 unspecified atom stereocenters. The van der Waals surface area contributed by atoms with Crippen LogP contribution < -0.4 is 21.5 Å². The zero-order valence-electron chi connectivity index (χ0n) is 14.9. The number of rotatable bonds is 9. The molecule has 1 heterocycles. The molecule has 0 saturated heterocycles. The molecule has 1 aromatic carbocycles. The Balaban J connectivity index is 0.00000312. The van der Waals surface area contributed by atoms with Crippen LogP contribution in [-0.4, -0.2) is 44.6 Å². The van der Waals surface area contributed by atoms with Gasteiger partial charge in [-0.3, -0.25) is 0 Å². The molecule has 0 aliphatic carbocycles. The monoisotopic (exact) mass is 412 g/mol. The van der Waals surface area contributed by atoms with Gasteiger partial charge < -0.3 is 31.2 Å². The van der Waals surface area contributed by atoms with Crippen molar-refractivity contribution < 1.29 is 40.6 Å². The lowest BCUT2D eigenvalue weighted by Gasteiger charge is -2.10. The van der Waals surface area contributed by atoms with Crippen molar-refractivity contribution in [1.82, 2.24) is 4.57 Å². The van der Waals surface area contributed by atoms with Gasteiger partial charge in [-0.2, -0.15) is 0 Å². The van der Waals surface area contributed by atoms with E-state index in [9.17, 15) is 4.79 Å². The average Bonchev–Trinajstić information content (AvgIpc) is 3.04. The fourth-order valence-electron chi connectivity index (χ4n) is 2.45. The second-order valence-electron chi connectivity index (χ2n) is 5.48. The molecule has 0 aliphatic rings. The number of methoxy groups -OCH3 is 2. The van der Waals surface area contributed by atoms with Gasteiger partial charge in [0.1, 0.15) is 25.4 Å². The van der Waals surface area contributed by atoms with Gasteiger partial charge in [-0.1, -0.05) is 30.3 Å². The summed E-state index contributed by atoms with van der Waals surface area (Å²) in [5.74, 6) is -0.356. The zero-order chi connectivity index (χ0) is 17.4. The molecular formula is C18H25BrN2O4. The van der Waals surface area contributed by atoms with E-state index in [1.165, 1.54) is 0 Å². The third-order valence-electron chi connectivity index (χ3n) is 3.82. The largest absolute Gasteiger partial charge is 1.00 e. The smallest absolute Gasteiger partial charge is 0.382 e. The third-order valence-corrected chi connectivity index (χ3v) is 3.82. The first-order valence-electron chi connectivity index (χ1n) is 7.98. The molecule has 0 saturated carbocycles. The maximum Gasteiger partial charge on any atom is 0.382 e. The molecule has 7 heteroatoms. The fraction of sp³-hybridized carbons (Fsp3) is 0.444. The zero-order valence-corrected chi connectivity index (χ0v) is 16.4. The topological polar surface area (TPSA) is 53.6 Å². The highest BCUT2D eigenvalue weighted by molar-refractivity contribution is 5.87. The van der Waals surface area contributed by atoms with Gasteiger partial charge in [0.2, 0.25) is 6.33 Å². The van der Waals surface area contributed by atoms with Gasteiger partial charge in [0, 0.05) is 14.2 Å². The van der Waals surface area contributed by atoms with Crippen LogP contribution in [0.4, 0.5) is 0 Å². The van der Waals surface area contributed by atoms with Crippen molar-refractivity contribution >= 4 is 5.97 Å². The van der Waals surface area contributed by atoms with E-state index >= 15 is 0 Å². The molecular weight excluding hydrogens is 388 g/mol. The highest BCUT2D eigenvalue weighted by Crippen LogP contribution is 2.19. The summed E-state index contributed by atoms with van der Waals surface area (Å²) in [6, 6.07) is 10.1. The Hall–Kier alpha value is -1.70. The van der Waals surface area contributed by atoms with Gasteiger partial charge in [0.05, 0.1) is 13.2 Å². The van der Waals surface area contributed by atoms with E-state index < -0.39 is 0 Å². The number of benzene rings is 1. The van der Waals surface area contributed by atoms with Crippen LogP contribution in [0.1, 0.15) is 29.0 Å². The lowest BCUT2D eigenvalue weighted by molar-refractivity contribution is -0.697. The minimum atomic E-state index is -0.356. The van der Waals surface area contributed by atoms with E-state index in [1.54, 1.807) is 20.4 Å². The highest BCUT2D eigenvalue weighted by atomic mass is 79.9. The van der Waals surface area contributed by atoms with Crippen molar-refractivity contribution in [3.05, 3.63) is 54.1 Å². The molecule has 0 aliphatic heterocycles. The van der Waals surface area contributed by atoms with Crippen LogP contribution in [-0.2, 0) is 20.8 Å². The van der Waals surface area contributed by atoms with Crippen molar-refractivity contribution in [2.75, 3.05) is 34.0 Å². The Morgan fingerprint density at radius 2 is 1.80 bits per heavy atom. The predicted octanol–water partition coefficient (Wildman–Crippen LogP) is -1.16. The van der Waals surface area contributed by atoms with Crippen molar-refractivity contribution in [1.29, 1.82) is 0 Å². The van der Waals surface area contributed by atoms with E-state index in [2.05, 4.69) is 6.92 Å². The van der Waals surface area contributed by atoms with Gasteiger partial charge in [-0.05, 0) is 12.5 Å². The summed E-state index contributed by atoms with van der Waals surface area (Å²) in [5.41, 5.74) is 1.64. The number of imidazole rings is 1. The third kappa shape index (κ3) is 5.95. The van der Waals surface area contributed by atoms with Gasteiger partial charge in [-0.15, -0.1) is 0 Å². The minimum Gasteiger partial charge on any atom is -1.00 e. The number of halogens is 1. The number of carbonyl (C=O) groups excluding carboxylic acids is 1.